The van der Waals surface area contributed by atoms with Crippen LogP contribution in [0.4, 0.5) is 5.69 Å². The number of methoxy groups -OCH3 is 1. The molecule has 1 saturated carbocycles. The highest BCUT2D eigenvalue weighted by molar-refractivity contribution is 5.94. The van der Waals surface area contributed by atoms with E-state index in [0.717, 1.165) is 35.6 Å². The first-order valence-corrected chi connectivity index (χ1v) is 11.1. The number of ether oxygens (including phenoxy) is 2. The summed E-state index contributed by atoms with van der Waals surface area (Å²) in [5.41, 5.74) is 1.84. The fourth-order valence-corrected chi connectivity index (χ4v) is 4.51. The molecular formula is C25H30N2O4. The van der Waals surface area contributed by atoms with Crippen molar-refractivity contribution in [1.82, 2.24) is 5.32 Å². The van der Waals surface area contributed by atoms with E-state index in [1.807, 2.05) is 48.5 Å². The van der Waals surface area contributed by atoms with Gasteiger partial charge in [-0.25, -0.2) is 0 Å². The summed E-state index contributed by atoms with van der Waals surface area (Å²) in [5.74, 6) is 1.06. The summed E-state index contributed by atoms with van der Waals surface area (Å²) in [5, 5.41) is 5.85. The first-order valence-electron chi connectivity index (χ1n) is 11.1. The zero-order valence-corrected chi connectivity index (χ0v) is 17.9. The predicted octanol–water partition coefficient (Wildman–Crippen LogP) is 4.27. The highest BCUT2D eigenvalue weighted by Gasteiger charge is 2.31. The second-order valence-electron chi connectivity index (χ2n) is 8.43. The minimum atomic E-state index is -0.358. The van der Waals surface area contributed by atoms with Crippen LogP contribution in [0.1, 0.15) is 50.0 Å². The molecule has 1 aliphatic carbocycles. The van der Waals surface area contributed by atoms with Crippen molar-refractivity contribution in [2.75, 3.05) is 19.0 Å². The number of carbonyl (C=O) groups is 2. The summed E-state index contributed by atoms with van der Waals surface area (Å²) in [7, 11) is 1.65. The quantitative estimate of drug-likeness (QED) is 0.699. The number of benzene rings is 2. The van der Waals surface area contributed by atoms with Crippen LogP contribution in [0.3, 0.4) is 0 Å². The van der Waals surface area contributed by atoms with Crippen LogP contribution in [0.5, 0.6) is 11.5 Å². The molecule has 1 aliphatic heterocycles. The summed E-state index contributed by atoms with van der Waals surface area (Å²) in [6, 6.07) is 15.3. The van der Waals surface area contributed by atoms with E-state index >= 15 is 0 Å². The number of nitrogens with one attached hydrogen (secondary N) is 2. The Balaban J connectivity index is 1.43. The molecule has 2 aliphatic rings. The molecule has 0 radical (unpaired) electrons. The monoisotopic (exact) mass is 422 g/mol. The van der Waals surface area contributed by atoms with Gasteiger partial charge in [-0.15, -0.1) is 0 Å². The third-order valence-corrected chi connectivity index (χ3v) is 6.21. The maximum Gasteiger partial charge on any atom is 0.225 e. The molecule has 0 spiro atoms. The molecule has 2 amide bonds. The fourth-order valence-electron chi connectivity index (χ4n) is 4.51. The van der Waals surface area contributed by atoms with Gasteiger partial charge in [-0.1, -0.05) is 24.3 Å². The summed E-state index contributed by atoms with van der Waals surface area (Å²) >= 11 is 0. The third kappa shape index (κ3) is 5.37. The topological polar surface area (TPSA) is 76.7 Å². The zero-order valence-electron chi connectivity index (χ0n) is 17.9. The van der Waals surface area contributed by atoms with E-state index in [1.165, 1.54) is 12.8 Å². The van der Waals surface area contributed by atoms with Crippen molar-refractivity contribution in [3.05, 3.63) is 54.1 Å². The van der Waals surface area contributed by atoms with Gasteiger partial charge in [0.25, 0.3) is 0 Å². The van der Waals surface area contributed by atoms with Crippen LogP contribution in [0, 0.1) is 5.92 Å². The first kappa shape index (κ1) is 21.2. The Morgan fingerprint density at radius 3 is 2.61 bits per heavy atom. The minimum absolute atomic E-state index is 0.0598. The molecule has 0 aromatic heterocycles. The van der Waals surface area contributed by atoms with Gasteiger partial charge in [0, 0.05) is 30.5 Å². The Hall–Kier alpha value is -3.02. The van der Waals surface area contributed by atoms with Crippen LogP contribution >= 0.6 is 0 Å². The lowest BCUT2D eigenvalue weighted by molar-refractivity contribution is -0.130. The number of hydrogen-bond donors (Lipinski definition) is 2. The Morgan fingerprint density at radius 2 is 1.87 bits per heavy atom. The summed E-state index contributed by atoms with van der Waals surface area (Å²) in [6.07, 6.45) is 5.59. The van der Waals surface area contributed by atoms with E-state index in [2.05, 4.69) is 10.6 Å². The van der Waals surface area contributed by atoms with Crippen molar-refractivity contribution >= 4 is 17.5 Å². The van der Waals surface area contributed by atoms with Gasteiger partial charge in [0.15, 0.2) is 11.5 Å². The molecule has 31 heavy (non-hydrogen) atoms. The van der Waals surface area contributed by atoms with Gasteiger partial charge in [-0.2, -0.15) is 0 Å². The molecule has 2 aromatic rings. The maximum atomic E-state index is 12.5. The number of amides is 2. The Labute approximate surface area is 183 Å². The third-order valence-electron chi connectivity index (χ3n) is 6.21. The van der Waals surface area contributed by atoms with Crippen molar-refractivity contribution in [2.45, 2.75) is 50.5 Å². The molecule has 1 saturated heterocycles. The minimum Gasteiger partial charge on any atom is -0.493 e. The predicted molar refractivity (Wildman–Crippen MR) is 119 cm³/mol. The lowest BCUT2D eigenvalue weighted by Gasteiger charge is -2.29. The fraction of sp³-hybridized carbons (Fsp3) is 0.440. The van der Waals surface area contributed by atoms with Crippen LogP contribution < -0.4 is 20.1 Å². The van der Waals surface area contributed by atoms with Crippen LogP contribution in [0.25, 0.3) is 0 Å². The molecule has 164 valence electrons. The number of piperidine rings is 1. The average molecular weight is 423 g/mol. The van der Waals surface area contributed by atoms with Crippen LogP contribution in [-0.4, -0.2) is 31.6 Å². The lowest BCUT2D eigenvalue weighted by atomic mass is 9.83. The second kappa shape index (κ2) is 9.86. The lowest BCUT2D eigenvalue weighted by Crippen LogP contribution is -2.42. The number of rotatable bonds is 7. The van der Waals surface area contributed by atoms with Crippen LogP contribution in [-0.2, 0) is 9.59 Å². The SMILES string of the molecule is COc1ccc([C@@H]2CNC(=O)C(CC(=O)Nc3ccccc3)C2)cc1OC1CCCC1. The maximum absolute atomic E-state index is 12.5. The molecule has 4 rings (SSSR count). The number of anilines is 1. The average Bonchev–Trinajstić information content (AvgIpc) is 3.29. The highest BCUT2D eigenvalue weighted by Crippen LogP contribution is 2.37. The standard InChI is InChI=1S/C25H30N2O4/c1-30-22-12-11-17(14-23(22)31-21-9-5-6-10-21)19-13-18(25(29)26-16-19)15-24(28)27-20-7-3-2-4-8-20/h2-4,7-8,11-12,14,18-19,21H,5-6,9-10,13,15-16H2,1H3,(H,26,29)(H,27,28)/t18?,19-/m0/s1. The second-order valence-corrected chi connectivity index (χ2v) is 8.43. The molecule has 2 aromatic carbocycles. The van der Waals surface area contributed by atoms with Gasteiger partial charge >= 0.3 is 0 Å². The van der Waals surface area contributed by atoms with Gasteiger partial charge in [0.1, 0.15) is 0 Å². The molecule has 2 atom stereocenters. The summed E-state index contributed by atoms with van der Waals surface area (Å²) < 4.78 is 11.7. The van der Waals surface area contributed by atoms with Crippen molar-refractivity contribution < 1.29 is 19.1 Å². The van der Waals surface area contributed by atoms with E-state index in [1.54, 1.807) is 7.11 Å². The molecule has 2 N–H and O–H groups in total. The van der Waals surface area contributed by atoms with Crippen LogP contribution in [0.2, 0.25) is 0 Å². The largest absolute Gasteiger partial charge is 0.493 e. The number of carbonyl (C=O) groups excluding carboxylic acids is 2. The summed E-state index contributed by atoms with van der Waals surface area (Å²) in [4.78, 5) is 24.9. The van der Waals surface area contributed by atoms with E-state index < -0.39 is 0 Å². The zero-order chi connectivity index (χ0) is 21.6. The summed E-state index contributed by atoms with van der Waals surface area (Å²) in [6.45, 7) is 0.560. The molecular weight excluding hydrogens is 392 g/mol. The van der Waals surface area contributed by atoms with Gasteiger partial charge in [0.05, 0.1) is 13.2 Å². The number of para-hydroxylation sites is 1. The Morgan fingerprint density at radius 1 is 1.10 bits per heavy atom. The van der Waals surface area contributed by atoms with Gasteiger partial charge in [-0.3, -0.25) is 9.59 Å². The van der Waals surface area contributed by atoms with Crippen LogP contribution in [0.15, 0.2) is 48.5 Å². The highest BCUT2D eigenvalue weighted by atomic mass is 16.5. The smallest absolute Gasteiger partial charge is 0.225 e. The molecule has 1 unspecified atom stereocenters. The van der Waals surface area contributed by atoms with Crippen molar-refractivity contribution in [3.63, 3.8) is 0 Å². The molecule has 6 heteroatoms. The van der Waals surface area contributed by atoms with E-state index in [9.17, 15) is 9.59 Å². The van der Waals surface area contributed by atoms with Gasteiger partial charge < -0.3 is 20.1 Å². The van der Waals surface area contributed by atoms with Gasteiger partial charge in [0.2, 0.25) is 11.8 Å². The molecule has 2 fully saturated rings. The van der Waals surface area contributed by atoms with Crippen molar-refractivity contribution in [1.29, 1.82) is 0 Å². The van der Waals surface area contributed by atoms with E-state index in [0.29, 0.717) is 13.0 Å². The van der Waals surface area contributed by atoms with Gasteiger partial charge in [-0.05, 0) is 61.9 Å². The first-order chi connectivity index (χ1) is 15.1. The van der Waals surface area contributed by atoms with E-state index in [-0.39, 0.29) is 36.2 Å². The Bertz CT molecular complexity index is 909. The van der Waals surface area contributed by atoms with Crippen molar-refractivity contribution in [3.8, 4) is 11.5 Å². The number of hydrogen-bond acceptors (Lipinski definition) is 4. The molecule has 0 bridgehead atoms. The molecule has 6 nitrogen and oxygen atoms in total. The normalized spacial score (nSPS) is 21.4. The Kier molecular flexibility index (Phi) is 6.75. The van der Waals surface area contributed by atoms with E-state index in [4.69, 9.17) is 9.47 Å². The van der Waals surface area contributed by atoms with Crippen molar-refractivity contribution in [2.24, 2.45) is 5.92 Å². The molecule has 1 heterocycles.